The van der Waals surface area contributed by atoms with Gasteiger partial charge >= 0.3 is 0 Å². The zero-order chi connectivity index (χ0) is 14.8. The average molecular weight is 295 g/mol. The van der Waals surface area contributed by atoms with Gasteiger partial charge in [0.2, 0.25) is 0 Å². The highest BCUT2D eigenvalue weighted by molar-refractivity contribution is 5.48. The van der Waals surface area contributed by atoms with Crippen molar-refractivity contribution in [2.24, 2.45) is 0 Å². The summed E-state index contributed by atoms with van der Waals surface area (Å²) in [6, 6.07) is 2.04. The zero-order valence-electron chi connectivity index (χ0n) is 12.7. The van der Waals surface area contributed by atoms with Crippen LogP contribution in [-0.2, 0) is 9.47 Å². The quantitative estimate of drug-likeness (QED) is 0.684. The summed E-state index contributed by atoms with van der Waals surface area (Å²) in [5.41, 5.74) is 1.12. The third-order valence-corrected chi connectivity index (χ3v) is 3.25. The van der Waals surface area contributed by atoms with Gasteiger partial charge < -0.3 is 24.4 Å². The zero-order valence-corrected chi connectivity index (χ0v) is 12.7. The number of hydrogen-bond donors (Lipinski definition) is 1. The van der Waals surface area contributed by atoms with Crippen LogP contribution in [0.25, 0.3) is 0 Å². The molecule has 0 aromatic carbocycles. The maximum Gasteiger partial charge on any atom is 0.139 e. The second-order valence-electron chi connectivity index (χ2n) is 4.77. The first kappa shape index (κ1) is 16.0. The van der Waals surface area contributed by atoms with Crippen molar-refractivity contribution in [2.75, 3.05) is 64.1 Å². The van der Waals surface area contributed by atoms with Gasteiger partial charge in [0.25, 0.3) is 0 Å². The SMILES string of the molecule is CCOCCOCCOc1cncc(N2CCNCC2)c1. The van der Waals surface area contributed by atoms with Crippen molar-refractivity contribution in [1.29, 1.82) is 0 Å². The first-order valence-corrected chi connectivity index (χ1v) is 7.59. The molecule has 0 aliphatic carbocycles. The molecule has 1 N–H and O–H groups in total. The molecule has 0 spiro atoms. The van der Waals surface area contributed by atoms with Crippen LogP contribution in [0.15, 0.2) is 18.5 Å². The first-order valence-electron chi connectivity index (χ1n) is 7.59. The molecular weight excluding hydrogens is 270 g/mol. The minimum Gasteiger partial charge on any atom is -0.489 e. The van der Waals surface area contributed by atoms with E-state index >= 15 is 0 Å². The fraction of sp³-hybridized carbons (Fsp3) is 0.667. The van der Waals surface area contributed by atoms with Crippen LogP contribution in [0, 0.1) is 0 Å². The van der Waals surface area contributed by atoms with E-state index in [4.69, 9.17) is 14.2 Å². The summed E-state index contributed by atoms with van der Waals surface area (Å²) in [5, 5.41) is 3.34. The fourth-order valence-electron chi connectivity index (χ4n) is 2.16. The lowest BCUT2D eigenvalue weighted by molar-refractivity contribution is 0.0404. The van der Waals surface area contributed by atoms with Crippen LogP contribution in [-0.4, -0.2) is 64.2 Å². The van der Waals surface area contributed by atoms with E-state index in [2.05, 4.69) is 15.2 Å². The predicted octanol–water partition coefficient (Wildman–Crippen LogP) is 0.923. The number of hydrogen-bond acceptors (Lipinski definition) is 6. The number of anilines is 1. The standard InChI is InChI=1S/C15H25N3O3/c1-2-19-7-8-20-9-10-21-15-11-14(12-17-13-15)18-5-3-16-4-6-18/h11-13,16H,2-10H2,1H3. The van der Waals surface area contributed by atoms with Crippen molar-refractivity contribution in [3.63, 3.8) is 0 Å². The Morgan fingerprint density at radius 1 is 1.10 bits per heavy atom. The Morgan fingerprint density at radius 3 is 2.67 bits per heavy atom. The number of aromatic nitrogens is 1. The van der Waals surface area contributed by atoms with Crippen molar-refractivity contribution in [1.82, 2.24) is 10.3 Å². The maximum atomic E-state index is 5.67. The smallest absolute Gasteiger partial charge is 0.139 e. The van der Waals surface area contributed by atoms with Crippen molar-refractivity contribution < 1.29 is 14.2 Å². The molecule has 2 rings (SSSR count). The molecule has 0 saturated carbocycles. The normalized spacial score (nSPS) is 15.2. The van der Waals surface area contributed by atoms with Crippen LogP contribution >= 0.6 is 0 Å². The van der Waals surface area contributed by atoms with Crippen LogP contribution in [0.4, 0.5) is 5.69 Å². The van der Waals surface area contributed by atoms with Crippen molar-refractivity contribution in [3.05, 3.63) is 18.5 Å². The second kappa shape index (κ2) is 9.55. The summed E-state index contributed by atoms with van der Waals surface area (Å²) >= 11 is 0. The Kier molecular flexibility index (Phi) is 7.28. The van der Waals surface area contributed by atoms with Gasteiger partial charge in [-0.1, -0.05) is 0 Å². The number of nitrogens with zero attached hydrogens (tertiary/aromatic N) is 2. The van der Waals surface area contributed by atoms with Crippen LogP contribution < -0.4 is 15.0 Å². The van der Waals surface area contributed by atoms with Gasteiger partial charge in [-0.2, -0.15) is 0 Å². The Hall–Kier alpha value is -1.37. The molecule has 0 unspecified atom stereocenters. The lowest BCUT2D eigenvalue weighted by Crippen LogP contribution is -2.43. The Labute approximate surface area is 126 Å². The van der Waals surface area contributed by atoms with Crippen LogP contribution in [0.2, 0.25) is 0 Å². The van der Waals surface area contributed by atoms with E-state index in [1.807, 2.05) is 19.2 Å². The number of piperazine rings is 1. The highest BCUT2D eigenvalue weighted by atomic mass is 16.5. The van der Waals surface area contributed by atoms with Gasteiger partial charge in [0.05, 0.1) is 37.9 Å². The lowest BCUT2D eigenvalue weighted by atomic mass is 10.3. The minimum atomic E-state index is 0.527. The number of rotatable bonds is 9. The van der Waals surface area contributed by atoms with Crippen LogP contribution in [0.1, 0.15) is 6.92 Å². The van der Waals surface area contributed by atoms with E-state index in [0.29, 0.717) is 26.4 Å². The molecule has 6 nitrogen and oxygen atoms in total. The predicted molar refractivity (Wildman–Crippen MR) is 82.1 cm³/mol. The molecule has 1 aromatic heterocycles. The molecule has 0 atom stereocenters. The van der Waals surface area contributed by atoms with E-state index in [9.17, 15) is 0 Å². The van der Waals surface area contributed by atoms with E-state index in [-0.39, 0.29) is 0 Å². The summed E-state index contributed by atoms with van der Waals surface area (Å²) in [7, 11) is 0. The molecule has 0 bridgehead atoms. The summed E-state index contributed by atoms with van der Waals surface area (Å²) in [6.07, 6.45) is 3.63. The summed E-state index contributed by atoms with van der Waals surface area (Å²) < 4.78 is 16.3. The van der Waals surface area contributed by atoms with Crippen LogP contribution in [0.5, 0.6) is 5.75 Å². The largest absolute Gasteiger partial charge is 0.489 e. The Balaban J connectivity index is 1.68. The van der Waals surface area contributed by atoms with E-state index in [0.717, 1.165) is 44.2 Å². The van der Waals surface area contributed by atoms with E-state index in [1.165, 1.54) is 0 Å². The van der Waals surface area contributed by atoms with Gasteiger partial charge in [0.1, 0.15) is 12.4 Å². The number of ether oxygens (including phenoxy) is 3. The summed E-state index contributed by atoms with van der Waals surface area (Å²) in [4.78, 5) is 6.57. The molecule has 1 aliphatic heterocycles. The molecule has 6 heteroatoms. The molecule has 1 saturated heterocycles. The van der Waals surface area contributed by atoms with Crippen molar-refractivity contribution >= 4 is 5.69 Å². The van der Waals surface area contributed by atoms with E-state index in [1.54, 1.807) is 6.20 Å². The number of nitrogens with one attached hydrogen (secondary N) is 1. The van der Waals surface area contributed by atoms with Gasteiger partial charge in [-0.15, -0.1) is 0 Å². The van der Waals surface area contributed by atoms with Crippen molar-refractivity contribution in [2.45, 2.75) is 6.92 Å². The van der Waals surface area contributed by atoms with Crippen molar-refractivity contribution in [3.8, 4) is 5.75 Å². The fourth-order valence-corrected chi connectivity index (χ4v) is 2.16. The summed E-state index contributed by atoms with van der Waals surface area (Å²) in [6.45, 7) is 9.07. The van der Waals surface area contributed by atoms with Gasteiger partial charge in [0.15, 0.2) is 0 Å². The number of pyridine rings is 1. The molecule has 0 radical (unpaired) electrons. The average Bonchev–Trinajstić information content (AvgIpc) is 2.55. The Morgan fingerprint density at radius 2 is 1.86 bits per heavy atom. The van der Waals surface area contributed by atoms with Gasteiger partial charge in [0, 0.05) is 38.9 Å². The Bertz CT molecular complexity index is 398. The molecule has 1 aromatic rings. The molecule has 2 heterocycles. The lowest BCUT2D eigenvalue weighted by Gasteiger charge is -2.29. The summed E-state index contributed by atoms with van der Waals surface area (Å²) in [5.74, 6) is 0.791. The third-order valence-electron chi connectivity index (χ3n) is 3.25. The highest BCUT2D eigenvalue weighted by Crippen LogP contribution is 2.19. The molecule has 1 aliphatic rings. The highest BCUT2D eigenvalue weighted by Gasteiger charge is 2.11. The van der Waals surface area contributed by atoms with E-state index < -0.39 is 0 Å². The monoisotopic (exact) mass is 295 g/mol. The van der Waals surface area contributed by atoms with Gasteiger partial charge in [-0.05, 0) is 6.92 Å². The topological polar surface area (TPSA) is 55.9 Å². The first-order chi connectivity index (χ1) is 10.4. The second-order valence-corrected chi connectivity index (χ2v) is 4.77. The molecule has 1 fully saturated rings. The van der Waals surface area contributed by atoms with Gasteiger partial charge in [-0.25, -0.2) is 0 Å². The molecule has 0 amide bonds. The molecule has 118 valence electrons. The molecular formula is C15H25N3O3. The third kappa shape index (κ3) is 5.87. The maximum absolute atomic E-state index is 5.67. The van der Waals surface area contributed by atoms with Gasteiger partial charge in [-0.3, -0.25) is 4.98 Å². The van der Waals surface area contributed by atoms with Crippen LogP contribution in [0.3, 0.4) is 0 Å². The molecule has 21 heavy (non-hydrogen) atoms. The minimum absolute atomic E-state index is 0.527.